The number of carboxylic acid groups (broad SMARTS) is 1. The zero-order chi connectivity index (χ0) is 13.5. The second-order valence-corrected chi connectivity index (χ2v) is 5.74. The molecule has 2 aliphatic heterocycles. The molecule has 0 aromatic heterocycles. The average molecular weight is 261 g/mol. The largest absolute Gasteiger partial charge is 0.487 e. The van der Waals surface area contributed by atoms with Crippen LogP contribution in [0.1, 0.15) is 25.3 Å². The Morgan fingerprint density at radius 2 is 2.05 bits per heavy atom. The molecule has 0 aliphatic carbocycles. The summed E-state index contributed by atoms with van der Waals surface area (Å²) in [4.78, 5) is 12.4. The lowest BCUT2D eigenvalue weighted by Crippen LogP contribution is -2.47. The number of hydrogen-bond acceptors (Lipinski definition) is 2. The molecule has 0 radical (unpaired) electrons. The number of amides is 1. The van der Waals surface area contributed by atoms with E-state index in [9.17, 15) is 4.79 Å². The van der Waals surface area contributed by atoms with Crippen molar-refractivity contribution in [1.29, 1.82) is 0 Å². The Morgan fingerprint density at radius 1 is 1.37 bits per heavy atom. The maximum Gasteiger partial charge on any atom is 0.407 e. The van der Waals surface area contributed by atoms with Crippen LogP contribution in [0.3, 0.4) is 0 Å². The molecule has 1 aromatic rings. The molecular formula is C15H19NO3. The van der Waals surface area contributed by atoms with Gasteiger partial charge in [0, 0.05) is 25.4 Å². The number of carbonyl (C=O) groups is 1. The highest BCUT2D eigenvalue weighted by atomic mass is 16.5. The van der Waals surface area contributed by atoms with Crippen LogP contribution in [0.25, 0.3) is 0 Å². The number of ether oxygens (including phenoxy) is 1. The second-order valence-electron chi connectivity index (χ2n) is 5.74. The maximum atomic E-state index is 10.9. The normalized spacial score (nSPS) is 26.9. The van der Waals surface area contributed by atoms with E-state index in [1.165, 1.54) is 10.5 Å². The molecule has 2 heterocycles. The number of rotatable bonds is 1. The van der Waals surface area contributed by atoms with Gasteiger partial charge in [-0.1, -0.05) is 18.2 Å². The van der Waals surface area contributed by atoms with Crippen LogP contribution in [-0.4, -0.2) is 34.8 Å². The quantitative estimate of drug-likeness (QED) is 0.845. The average Bonchev–Trinajstić information content (AvgIpc) is 2.76. The van der Waals surface area contributed by atoms with Crippen molar-refractivity contribution in [1.82, 2.24) is 4.90 Å². The SMILES string of the molecule is CC1(C2CCN(C(=O)O)CC2)Cc2ccccc2O1. The molecule has 4 heteroatoms. The summed E-state index contributed by atoms with van der Waals surface area (Å²) in [6, 6.07) is 8.18. The Balaban J connectivity index is 1.70. The van der Waals surface area contributed by atoms with Crippen LogP contribution in [0.5, 0.6) is 5.75 Å². The highest BCUT2D eigenvalue weighted by Gasteiger charge is 2.43. The first kappa shape index (κ1) is 12.3. The van der Waals surface area contributed by atoms with Crippen molar-refractivity contribution in [3.8, 4) is 5.75 Å². The van der Waals surface area contributed by atoms with Crippen LogP contribution < -0.4 is 4.74 Å². The number of piperidine rings is 1. The molecule has 3 rings (SSSR count). The van der Waals surface area contributed by atoms with Crippen molar-refractivity contribution >= 4 is 6.09 Å². The Labute approximate surface area is 113 Å². The van der Waals surface area contributed by atoms with Gasteiger partial charge in [-0.15, -0.1) is 0 Å². The molecule has 1 fully saturated rings. The lowest BCUT2D eigenvalue weighted by molar-refractivity contribution is 0.0131. The standard InChI is InChI=1S/C15H19NO3/c1-15(10-11-4-2-3-5-13(11)19-15)12-6-8-16(9-7-12)14(17)18/h2-5,12H,6-10H2,1H3,(H,17,18). The number of benzene rings is 1. The van der Waals surface area contributed by atoms with E-state index in [4.69, 9.17) is 9.84 Å². The number of likely N-dealkylation sites (tertiary alicyclic amines) is 1. The smallest absolute Gasteiger partial charge is 0.407 e. The molecule has 0 saturated carbocycles. The summed E-state index contributed by atoms with van der Waals surface area (Å²) in [6.07, 6.45) is 1.90. The molecule has 1 amide bonds. The first-order valence-corrected chi connectivity index (χ1v) is 6.83. The van der Waals surface area contributed by atoms with Crippen LogP contribution >= 0.6 is 0 Å². The van der Waals surface area contributed by atoms with Gasteiger partial charge in [0.25, 0.3) is 0 Å². The highest BCUT2D eigenvalue weighted by Crippen LogP contribution is 2.42. The molecule has 102 valence electrons. The van der Waals surface area contributed by atoms with Crippen LogP contribution in [0.15, 0.2) is 24.3 Å². The summed E-state index contributed by atoms with van der Waals surface area (Å²) >= 11 is 0. The van der Waals surface area contributed by atoms with Gasteiger partial charge in [0.05, 0.1) is 0 Å². The molecule has 0 spiro atoms. The van der Waals surface area contributed by atoms with Crippen molar-refractivity contribution in [3.05, 3.63) is 29.8 Å². The van der Waals surface area contributed by atoms with Crippen LogP contribution in [0.2, 0.25) is 0 Å². The van der Waals surface area contributed by atoms with E-state index in [2.05, 4.69) is 13.0 Å². The Bertz CT molecular complexity index is 467. The van der Waals surface area contributed by atoms with Crippen LogP contribution in [0.4, 0.5) is 4.79 Å². The lowest BCUT2D eigenvalue weighted by atomic mass is 9.79. The van der Waals surface area contributed by atoms with Gasteiger partial charge in [-0.25, -0.2) is 4.79 Å². The Morgan fingerprint density at radius 3 is 2.68 bits per heavy atom. The molecule has 1 N–H and O–H groups in total. The van der Waals surface area contributed by atoms with Crippen molar-refractivity contribution < 1.29 is 14.6 Å². The molecule has 1 aromatic carbocycles. The summed E-state index contributed by atoms with van der Waals surface area (Å²) in [6.45, 7) is 3.40. The zero-order valence-corrected chi connectivity index (χ0v) is 11.1. The third-order valence-electron chi connectivity index (χ3n) is 4.49. The fourth-order valence-corrected chi connectivity index (χ4v) is 3.32. The fourth-order valence-electron chi connectivity index (χ4n) is 3.32. The van der Waals surface area contributed by atoms with Crippen molar-refractivity contribution in [2.24, 2.45) is 5.92 Å². The van der Waals surface area contributed by atoms with E-state index < -0.39 is 6.09 Å². The van der Waals surface area contributed by atoms with Crippen molar-refractivity contribution in [3.63, 3.8) is 0 Å². The summed E-state index contributed by atoms with van der Waals surface area (Å²) < 4.78 is 6.16. The van der Waals surface area contributed by atoms with Crippen LogP contribution in [0, 0.1) is 5.92 Å². The molecule has 19 heavy (non-hydrogen) atoms. The lowest BCUT2D eigenvalue weighted by Gasteiger charge is -2.39. The molecule has 1 unspecified atom stereocenters. The molecule has 0 bridgehead atoms. The predicted molar refractivity (Wildman–Crippen MR) is 71.5 cm³/mol. The molecule has 1 saturated heterocycles. The topological polar surface area (TPSA) is 49.8 Å². The van der Waals surface area contributed by atoms with E-state index in [0.29, 0.717) is 19.0 Å². The van der Waals surface area contributed by atoms with E-state index in [0.717, 1.165) is 25.0 Å². The van der Waals surface area contributed by atoms with Gasteiger partial charge in [-0.3, -0.25) is 0 Å². The predicted octanol–water partition coefficient (Wildman–Crippen LogP) is 2.77. The molecular weight excluding hydrogens is 242 g/mol. The minimum Gasteiger partial charge on any atom is -0.487 e. The van der Waals surface area contributed by atoms with E-state index in [1.54, 1.807) is 0 Å². The van der Waals surface area contributed by atoms with Crippen molar-refractivity contribution in [2.45, 2.75) is 31.8 Å². The van der Waals surface area contributed by atoms with Gasteiger partial charge in [0.2, 0.25) is 0 Å². The van der Waals surface area contributed by atoms with Gasteiger partial charge in [0.15, 0.2) is 0 Å². The minimum absolute atomic E-state index is 0.172. The van der Waals surface area contributed by atoms with Gasteiger partial charge in [-0.2, -0.15) is 0 Å². The summed E-state index contributed by atoms with van der Waals surface area (Å²) in [5, 5.41) is 8.99. The zero-order valence-electron chi connectivity index (χ0n) is 11.1. The van der Waals surface area contributed by atoms with Gasteiger partial charge in [-0.05, 0) is 31.4 Å². The first-order chi connectivity index (χ1) is 9.08. The Hall–Kier alpha value is -1.71. The monoisotopic (exact) mass is 261 g/mol. The van der Waals surface area contributed by atoms with Gasteiger partial charge >= 0.3 is 6.09 Å². The van der Waals surface area contributed by atoms with Gasteiger partial charge in [0.1, 0.15) is 11.4 Å². The third kappa shape index (κ3) is 2.15. The van der Waals surface area contributed by atoms with E-state index in [1.807, 2.05) is 18.2 Å². The highest BCUT2D eigenvalue weighted by molar-refractivity contribution is 5.65. The molecule has 2 aliphatic rings. The summed E-state index contributed by atoms with van der Waals surface area (Å²) in [5.74, 6) is 1.42. The third-order valence-corrected chi connectivity index (χ3v) is 4.49. The molecule has 4 nitrogen and oxygen atoms in total. The van der Waals surface area contributed by atoms with E-state index in [-0.39, 0.29) is 5.60 Å². The summed E-state index contributed by atoms with van der Waals surface area (Å²) in [7, 11) is 0. The second kappa shape index (κ2) is 4.44. The Kier molecular flexibility index (Phi) is 2.88. The number of nitrogens with zero attached hydrogens (tertiary/aromatic N) is 1. The van der Waals surface area contributed by atoms with Gasteiger partial charge < -0.3 is 14.7 Å². The van der Waals surface area contributed by atoms with E-state index >= 15 is 0 Å². The summed E-state index contributed by atoms with van der Waals surface area (Å²) in [5.41, 5.74) is 1.10. The number of para-hydroxylation sites is 1. The van der Waals surface area contributed by atoms with Crippen LogP contribution in [-0.2, 0) is 6.42 Å². The maximum absolute atomic E-state index is 10.9. The minimum atomic E-state index is -0.806. The van der Waals surface area contributed by atoms with Crippen molar-refractivity contribution in [2.75, 3.05) is 13.1 Å². The number of hydrogen-bond donors (Lipinski definition) is 1. The number of fused-ring (bicyclic) bond motifs is 1. The molecule has 1 atom stereocenters. The first-order valence-electron chi connectivity index (χ1n) is 6.83. The fraction of sp³-hybridized carbons (Fsp3) is 0.533.